The summed E-state index contributed by atoms with van der Waals surface area (Å²) in [5, 5.41) is 3.33. The lowest BCUT2D eigenvalue weighted by Crippen LogP contribution is -2.23. The average Bonchev–Trinajstić information content (AvgIpc) is 2.29. The summed E-state index contributed by atoms with van der Waals surface area (Å²) in [6, 6.07) is 1.93. The molecule has 2 rings (SSSR count). The Bertz CT molecular complexity index is 462. The SMILES string of the molecule is CC(C)c1nc(NC2CC=CCC2)cc(=O)[nH]1. The Hall–Kier alpha value is -1.58. The Kier molecular flexibility index (Phi) is 3.61. The van der Waals surface area contributed by atoms with Gasteiger partial charge in [0, 0.05) is 18.0 Å². The van der Waals surface area contributed by atoms with E-state index < -0.39 is 0 Å². The van der Waals surface area contributed by atoms with Gasteiger partial charge in [-0.05, 0) is 19.3 Å². The van der Waals surface area contributed by atoms with Crippen LogP contribution in [0.25, 0.3) is 0 Å². The molecular weight excluding hydrogens is 214 g/mol. The maximum Gasteiger partial charge on any atom is 0.252 e. The van der Waals surface area contributed by atoms with Crippen molar-refractivity contribution in [1.29, 1.82) is 0 Å². The van der Waals surface area contributed by atoms with Gasteiger partial charge in [-0.2, -0.15) is 0 Å². The molecule has 0 bridgehead atoms. The third-order valence-electron chi connectivity index (χ3n) is 2.93. The zero-order valence-electron chi connectivity index (χ0n) is 10.4. The van der Waals surface area contributed by atoms with Gasteiger partial charge in [0.2, 0.25) is 0 Å². The molecule has 1 unspecified atom stereocenters. The van der Waals surface area contributed by atoms with Gasteiger partial charge in [0.25, 0.3) is 5.56 Å². The molecule has 2 N–H and O–H groups in total. The van der Waals surface area contributed by atoms with E-state index in [0.29, 0.717) is 11.9 Å². The molecule has 17 heavy (non-hydrogen) atoms. The van der Waals surface area contributed by atoms with E-state index >= 15 is 0 Å². The van der Waals surface area contributed by atoms with Crippen LogP contribution in [0.5, 0.6) is 0 Å². The second-order valence-corrected chi connectivity index (χ2v) is 4.80. The normalized spacial score (nSPS) is 19.6. The highest BCUT2D eigenvalue weighted by atomic mass is 16.1. The van der Waals surface area contributed by atoms with E-state index in [9.17, 15) is 4.79 Å². The van der Waals surface area contributed by atoms with Gasteiger partial charge in [-0.1, -0.05) is 26.0 Å². The highest BCUT2D eigenvalue weighted by Crippen LogP contribution is 2.16. The van der Waals surface area contributed by atoms with Gasteiger partial charge in [0.1, 0.15) is 11.6 Å². The molecule has 4 heteroatoms. The van der Waals surface area contributed by atoms with Gasteiger partial charge >= 0.3 is 0 Å². The first-order valence-corrected chi connectivity index (χ1v) is 6.18. The molecule has 0 spiro atoms. The third-order valence-corrected chi connectivity index (χ3v) is 2.93. The smallest absolute Gasteiger partial charge is 0.252 e. The van der Waals surface area contributed by atoms with Crippen LogP contribution in [0.2, 0.25) is 0 Å². The van der Waals surface area contributed by atoms with E-state index in [-0.39, 0.29) is 11.5 Å². The molecule has 1 aromatic heterocycles. The number of H-pyrrole nitrogens is 1. The summed E-state index contributed by atoms with van der Waals surface area (Å²) in [4.78, 5) is 18.7. The molecule has 1 atom stereocenters. The summed E-state index contributed by atoms with van der Waals surface area (Å²) >= 11 is 0. The number of hydrogen-bond acceptors (Lipinski definition) is 3. The van der Waals surface area contributed by atoms with Crippen molar-refractivity contribution in [3.8, 4) is 0 Å². The van der Waals surface area contributed by atoms with Gasteiger partial charge in [-0.25, -0.2) is 4.98 Å². The Morgan fingerprint density at radius 2 is 2.29 bits per heavy atom. The average molecular weight is 233 g/mol. The van der Waals surface area contributed by atoms with E-state index in [1.54, 1.807) is 0 Å². The minimum absolute atomic E-state index is 0.0856. The Labute approximate surface area is 101 Å². The molecule has 0 radical (unpaired) electrons. The van der Waals surface area contributed by atoms with Gasteiger partial charge in [-0.15, -0.1) is 0 Å². The zero-order chi connectivity index (χ0) is 12.3. The number of rotatable bonds is 3. The first-order chi connectivity index (χ1) is 8.15. The lowest BCUT2D eigenvalue weighted by Gasteiger charge is -2.20. The van der Waals surface area contributed by atoms with E-state index in [1.165, 1.54) is 6.07 Å². The monoisotopic (exact) mass is 233 g/mol. The first-order valence-electron chi connectivity index (χ1n) is 6.18. The number of anilines is 1. The summed E-state index contributed by atoms with van der Waals surface area (Å²) in [5.41, 5.74) is -0.0856. The van der Waals surface area contributed by atoms with E-state index in [2.05, 4.69) is 27.4 Å². The number of hydrogen-bond donors (Lipinski definition) is 2. The minimum atomic E-state index is -0.0856. The molecule has 1 aromatic rings. The van der Waals surface area contributed by atoms with Gasteiger partial charge < -0.3 is 10.3 Å². The molecule has 0 saturated heterocycles. The zero-order valence-corrected chi connectivity index (χ0v) is 10.4. The van der Waals surface area contributed by atoms with Crippen molar-refractivity contribution in [2.45, 2.75) is 45.1 Å². The highest BCUT2D eigenvalue weighted by Gasteiger charge is 2.11. The van der Waals surface area contributed by atoms with Crippen LogP contribution in [0.4, 0.5) is 5.82 Å². The van der Waals surface area contributed by atoms with Crippen LogP contribution < -0.4 is 10.9 Å². The van der Waals surface area contributed by atoms with Crippen LogP contribution in [0, 0.1) is 0 Å². The summed E-state index contributed by atoms with van der Waals surface area (Å²) in [6.07, 6.45) is 7.58. The van der Waals surface area contributed by atoms with E-state index in [0.717, 1.165) is 25.1 Å². The van der Waals surface area contributed by atoms with Crippen LogP contribution in [-0.2, 0) is 0 Å². The van der Waals surface area contributed by atoms with Crippen molar-refractivity contribution in [2.75, 3.05) is 5.32 Å². The largest absolute Gasteiger partial charge is 0.367 e. The van der Waals surface area contributed by atoms with Crippen molar-refractivity contribution >= 4 is 5.82 Å². The molecule has 4 nitrogen and oxygen atoms in total. The molecule has 92 valence electrons. The Morgan fingerprint density at radius 1 is 1.47 bits per heavy atom. The number of allylic oxidation sites excluding steroid dienone is 1. The molecule has 1 aliphatic carbocycles. The number of nitrogens with zero attached hydrogens (tertiary/aromatic N) is 1. The maximum atomic E-state index is 11.5. The standard InChI is InChI=1S/C13H19N3O/c1-9(2)13-15-11(8-12(17)16-13)14-10-6-4-3-5-7-10/h3-4,8-10H,5-7H2,1-2H3,(H2,14,15,16,17). The number of nitrogens with one attached hydrogen (secondary N) is 2. The predicted octanol–water partition coefficient (Wildman–Crippen LogP) is 2.41. The number of aromatic amines is 1. The fraction of sp³-hybridized carbons (Fsp3) is 0.538. The predicted molar refractivity (Wildman–Crippen MR) is 69.3 cm³/mol. The second-order valence-electron chi connectivity index (χ2n) is 4.80. The summed E-state index contributed by atoms with van der Waals surface area (Å²) < 4.78 is 0. The van der Waals surface area contributed by atoms with Crippen molar-refractivity contribution < 1.29 is 0 Å². The van der Waals surface area contributed by atoms with E-state index in [1.807, 2.05) is 13.8 Å². The van der Waals surface area contributed by atoms with Crippen molar-refractivity contribution in [1.82, 2.24) is 9.97 Å². The highest BCUT2D eigenvalue weighted by molar-refractivity contribution is 5.35. The van der Waals surface area contributed by atoms with Crippen molar-refractivity contribution in [2.24, 2.45) is 0 Å². The maximum absolute atomic E-state index is 11.5. The molecule has 0 saturated carbocycles. The quantitative estimate of drug-likeness (QED) is 0.788. The van der Waals surface area contributed by atoms with Crippen LogP contribution in [0.1, 0.15) is 44.9 Å². The second kappa shape index (κ2) is 5.17. The van der Waals surface area contributed by atoms with Crippen molar-refractivity contribution in [3.05, 3.63) is 34.4 Å². The Morgan fingerprint density at radius 3 is 2.94 bits per heavy atom. The molecule has 0 aromatic carbocycles. The first kappa shape index (κ1) is 11.9. The van der Waals surface area contributed by atoms with Gasteiger partial charge in [0.05, 0.1) is 0 Å². The van der Waals surface area contributed by atoms with Gasteiger partial charge in [-0.3, -0.25) is 4.79 Å². The third kappa shape index (κ3) is 3.19. The van der Waals surface area contributed by atoms with Crippen molar-refractivity contribution in [3.63, 3.8) is 0 Å². The van der Waals surface area contributed by atoms with Crippen LogP contribution >= 0.6 is 0 Å². The Balaban J connectivity index is 2.15. The summed E-state index contributed by atoms with van der Waals surface area (Å²) in [5.74, 6) is 1.67. The molecule has 1 aliphatic rings. The lowest BCUT2D eigenvalue weighted by molar-refractivity contribution is 0.639. The summed E-state index contributed by atoms with van der Waals surface area (Å²) in [6.45, 7) is 4.04. The molecular formula is C13H19N3O. The van der Waals surface area contributed by atoms with Gasteiger partial charge in [0.15, 0.2) is 0 Å². The lowest BCUT2D eigenvalue weighted by atomic mass is 10.0. The van der Waals surface area contributed by atoms with E-state index in [4.69, 9.17) is 0 Å². The topological polar surface area (TPSA) is 57.8 Å². The molecule has 0 amide bonds. The van der Waals surface area contributed by atoms with Crippen LogP contribution in [-0.4, -0.2) is 16.0 Å². The molecule has 0 aliphatic heterocycles. The van der Waals surface area contributed by atoms with Crippen LogP contribution in [0.15, 0.2) is 23.0 Å². The minimum Gasteiger partial charge on any atom is -0.367 e. The number of aromatic nitrogens is 2. The fourth-order valence-electron chi connectivity index (χ4n) is 1.96. The molecule has 0 fully saturated rings. The fourth-order valence-corrected chi connectivity index (χ4v) is 1.96. The molecule has 1 heterocycles. The van der Waals surface area contributed by atoms with Crippen LogP contribution in [0.3, 0.4) is 0 Å². The summed E-state index contributed by atoms with van der Waals surface area (Å²) in [7, 11) is 0.